The summed E-state index contributed by atoms with van der Waals surface area (Å²) in [6, 6.07) is 10.5. The van der Waals surface area contributed by atoms with Crippen LogP contribution in [0.25, 0.3) is 0 Å². The van der Waals surface area contributed by atoms with E-state index in [0.717, 1.165) is 71.5 Å². The van der Waals surface area contributed by atoms with Crippen molar-refractivity contribution < 1.29 is 9.59 Å². The van der Waals surface area contributed by atoms with Crippen LogP contribution in [0.4, 0.5) is 0 Å². The zero-order valence-corrected chi connectivity index (χ0v) is 17.5. The lowest BCUT2D eigenvalue weighted by atomic mass is 9.92. The summed E-state index contributed by atoms with van der Waals surface area (Å²) in [5, 5.41) is 0. The molecule has 0 aliphatic carbocycles. The first-order valence-electron chi connectivity index (χ1n) is 11.0. The second-order valence-corrected chi connectivity index (χ2v) is 8.17. The highest BCUT2D eigenvalue weighted by Crippen LogP contribution is 2.25. The summed E-state index contributed by atoms with van der Waals surface area (Å²) >= 11 is 0. The molecular weight excluding hydrogens is 350 g/mol. The molecule has 2 heterocycles. The van der Waals surface area contributed by atoms with E-state index in [-0.39, 0.29) is 17.7 Å². The summed E-state index contributed by atoms with van der Waals surface area (Å²) in [6.07, 6.45) is 3.69. The number of nitrogens with zero attached hydrogens (tertiary/aromatic N) is 3. The molecule has 1 aromatic carbocycles. The number of hydrogen-bond donors (Lipinski definition) is 0. The van der Waals surface area contributed by atoms with Gasteiger partial charge in [-0.3, -0.25) is 14.5 Å². The van der Waals surface area contributed by atoms with Crippen LogP contribution in [0.1, 0.15) is 45.1 Å². The van der Waals surface area contributed by atoms with Crippen LogP contribution >= 0.6 is 0 Å². The molecule has 0 aromatic heterocycles. The van der Waals surface area contributed by atoms with Gasteiger partial charge in [0.1, 0.15) is 0 Å². The van der Waals surface area contributed by atoms with Crippen molar-refractivity contribution >= 4 is 11.8 Å². The molecule has 154 valence electrons. The SMILES string of the molecule is CCN(CC)C(=O)C1CCN(C(=O)C2CCCN(Cc3ccccc3)C2)CC1. The summed E-state index contributed by atoms with van der Waals surface area (Å²) in [5.74, 6) is 0.757. The first-order valence-corrected chi connectivity index (χ1v) is 11.0. The van der Waals surface area contributed by atoms with E-state index in [2.05, 4.69) is 29.2 Å². The number of benzene rings is 1. The molecule has 5 nitrogen and oxygen atoms in total. The summed E-state index contributed by atoms with van der Waals surface area (Å²) in [6.45, 7) is 9.91. The van der Waals surface area contributed by atoms with Crippen molar-refractivity contribution in [3.05, 3.63) is 35.9 Å². The highest BCUT2D eigenvalue weighted by atomic mass is 16.2. The number of carbonyl (C=O) groups excluding carboxylic acids is 2. The van der Waals surface area contributed by atoms with Gasteiger partial charge in [0.2, 0.25) is 11.8 Å². The van der Waals surface area contributed by atoms with Gasteiger partial charge in [-0.2, -0.15) is 0 Å². The maximum absolute atomic E-state index is 13.1. The topological polar surface area (TPSA) is 43.9 Å². The Morgan fingerprint density at radius 2 is 1.64 bits per heavy atom. The predicted octanol–water partition coefficient (Wildman–Crippen LogP) is 3.01. The van der Waals surface area contributed by atoms with Gasteiger partial charge >= 0.3 is 0 Å². The van der Waals surface area contributed by atoms with Crippen molar-refractivity contribution in [2.45, 2.75) is 46.1 Å². The number of rotatable bonds is 6. The molecule has 1 atom stereocenters. The molecule has 0 saturated carbocycles. The van der Waals surface area contributed by atoms with Gasteiger partial charge in [-0.05, 0) is 51.6 Å². The van der Waals surface area contributed by atoms with Gasteiger partial charge in [0.15, 0.2) is 0 Å². The second kappa shape index (κ2) is 10.1. The number of likely N-dealkylation sites (tertiary alicyclic amines) is 2. The van der Waals surface area contributed by atoms with Crippen LogP contribution in [0.5, 0.6) is 0 Å². The van der Waals surface area contributed by atoms with Gasteiger partial charge in [-0.15, -0.1) is 0 Å². The van der Waals surface area contributed by atoms with Gasteiger partial charge in [-0.25, -0.2) is 0 Å². The Balaban J connectivity index is 1.50. The summed E-state index contributed by atoms with van der Waals surface area (Å²) in [5.41, 5.74) is 1.31. The average molecular weight is 386 g/mol. The Morgan fingerprint density at radius 1 is 0.964 bits per heavy atom. The molecule has 2 aliphatic rings. The van der Waals surface area contributed by atoms with Crippen molar-refractivity contribution in [2.24, 2.45) is 11.8 Å². The van der Waals surface area contributed by atoms with Crippen LogP contribution < -0.4 is 0 Å². The van der Waals surface area contributed by atoms with Crippen LogP contribution in [0.3, 0.4) is 0 Å². The van der Waals surface area contributed by atoms with Gasteiger partial charge in [-0.1, -0.05) is 30.3 Å². The van der Waals surface area contributed by atoms with E-state index < -0.39 is 0 Å². The zero-order chi connectivity index (χ0) is 19.9. The Hall–Kier alpha value is -1.88. The van der Waals surface area contributed by atoms with Crippen molar-refractivity contribution in [1.82, 2.24) is 14.7 Å². The Morgan fingerprint density at radius 3 is 2.29 bits per heavy atom. The molecule has 0 spiro atoms. The quantitative estimate of drug-likeness (QED) is 0.756. The fraction of sp³-hybridized carbons (Fsp3) is 0.652. The first-order chi connectivity index (χ1) is 13.6. The third kappa shape index (κ3) is 5.13. The lowest BCUT2D eigenvalue weighted by Crippen LogP contribution is -2.49. The highest BCUT2D eigenvalue weighted by molar-refractivity contribution is 5.81. The molecule has 5 heteroatoms. The Kier molecular flexibility index (Phi) is 7.49. The Bertz CT molecular complexity index is 637. The molecule has 3 rings (SSSR count). The largest absolute Gasteiger partial charge is 0.343 e. The standard InChI is InChI=1S/C23H35N3O2/c1-3-25(4-2)22(27)20-12-15-26(16-13-20)23(28)21-11-8-14-24(18-21)17-19-9-6-5-7-10-19/h5-7,9-10,20-21H,3-4,8,11-18H2,1-2H3. The van der Waals surface area contributed by atoms with E-state index >= 15 is 0 Å². The number of piperidine rings is 2. The number of carbonyl (C=O) groups is 2. The summed E-state index contributed by atoms with van der Waals surface area (Å²) in [7, 11) is 0. The molecule has 0 N–H and O–H groups in total. The van der Waals surface area contributed by atoms with Crippen LogP contribution in [-0.4, -0.2) is 65.8 Å². The summed E-state index contributed by atoms with van der Waals surface area (Å²) in [4.78, 5) is 32.0. The zero-order valence-electron chi connectivity index (χ0n) is 17.5. The molecule has 0 radical (unpaired) electrons. The van der Waals surface area contributed by atoms with Crippen LogP contribution in [0.2, 0.25) is 0 Å². The molecule has 2 saturated heterocycles. The highest BCUT2D eigenvalue weighted by Gasteiger charge is 2.33. The lowest BCUT2D eigenvalue weighted by Gasteiger charge is -2.38. The van der Waals surface area contributed by atoms with Gasteiger partial charge in [0.25, 0.3) is 0 Å². The smallest absolute Gasteiger partial charge is 0.226 e. The fourth-order valence-electron chi connectivity index (χ4n) is 4.64. The third-order valence-electron chi connectivity index (χ3n) is 6.33. The van der Waals surface area contributed by atoms with E-state index in [1.165, 1.54) is 5.56 Å². The number of amides is 2. The molecule has 2 amide bonds. The van der Waals surface area contributed by atoms with Crippen molar-refractivity contribution in [3.63, 3.8) is 0 Å². The first kappa shape index (κ1) is 20.8. The molecule has 2 aliphatic heterocycles. The maximum atomic E-state index is 13.1. The lowest BCUT2D eigenvalue weighted by molar-refractivity contribution is -0.143. The van der Waals surface area contributed by atoms with Crippen molar-refractivity contribution in [2.75, 3.05) is 39.3 Å². The molecule has 28 heavy (non-hydrogen) atoms. The predicted molar refractivity (Wildman–Crippen MR) is 112 cm³/mol. The minimum atomic E-state index is 0.0879. The van der Waals surface area contributed by atoms with Gasteiger partial charge < -0.3 is 9.80 Å². The second-order valence-electron chi connectivity index (χ2n) is 8.17. The van der Waals surface area contributed by atoms with E-state index in [9.17, 15) is 9.59 Å². The van der Waals surface area contributed by atoms with Gasteiger partial charge in [0.05, 0.1) is 5.92 Å². The normalized spacial score (nSPS) is 21.5. The molecule has 1 unspecified atom stereocenters. The third-order valence-corrected chi connectivity index (χ3v) is 6.33. The molecular formula is C23H35N3O2. The minimum Gasteiger partial charge on any atom is -0.343 e. The molecule has 2 fully saturated rings. The molecule has 1 aromatic rings. The average Bonchev–Trinajstić information content (AvgIpc) is 2.75. The van der Waals surface area contributed by atoms with Crippen LogP contribution in [-0.2, 0) is 16.1 Å². The summed E-state index contributed by atoms with van der Waals surface area (Å²) < 4.78 is 0. The van der Waals surface area contributed by atoms with Crippen LogP contribution in [0.15, 0.2) is 30.3 Å². The maximum Gasteiger partial charge on any atom is 0.226 e. The van der Waals surface area contributed by atoms with Crippen LogP contribution in [0, 0.1) is 11.8 Å². The molecule has 0 bridgehead atoms. The van der Waals surface area contributed by atoms with E-state index in [0.29, 0.717) is 5.91 Å². The van der Waals surface area contributed by atoms with Gasteiger partial charge in [0, 0.05) is 45.2 Å². The monoisotopic (exact) mass is 385 g/mol. The minimum absolute atomic E-state index is 0.0879. The van der Waals surface area contributed by atoms with E-state index in [1.54, 1.807) is 0 Å². The Labute approximate surface area is 169 Å². The fourth-order valence-corrected chi connectivity index (χ4v) is 4.64. The number of hydrogen-bond acceptors (Lipinski definition) is 3. The van der Waals surface area contributed by atoms with E-state index in [1.807, 2.05) is 29.7 Å². The van der Waals surface area contributed by atoms with Crippen molar-refractivity contribution in [3.8, 4) is 0 Å². The van der Waals surface area contributed by atoms with E-state index in [4.69, 9.17) is 0 Å². The van der Waals surface area contributed by atoms with Crippen molar-refractivity contribution in [1.29, 1.82) is 0 Å².